The van der Waals surface area contributed by atoms with Crippen LogP contribution in [-0.4, -0.2) is 103 Å². The summed E-state index contributed by atoms with van der Waals surface area (Å²) in [5.74, 6) is -1.05. The Hall–Kier alpha value is -3.54. The highest BCUT2D eigenvalue weighted by Gasteiger charge is 2.42. The molecule has 48 heavy (non-hydrogen) atoms. The lowest BCUT2D eigenvalue weighted by Crippen LogP contribution is -2.45. The number of amides is 2. The number of nitrogens with one attached hydrogen (secondary N) is 3. The molecule has 1 aliphatic carbocycles. The van der Waals surface area contributed by atoms with E-state index in [0.717, 1.165) is 32.8 Å². The van der Waals surface area contributed by atoms with Crippen molar-refractivity contribution in [2.45, 2.75) is 95.6 Å². The first-order chi connectivity index (χ1) is 22.7. The number of rotatable bonds is 13. The van der Waals surface area contributed by atoms with Gasteiger partial charge in [-0.05, 0) is 65.0 Å². The maximum atomic E-state index is 13.0. The van der Waals surface area contributed by atoms with Gasteiger partial charge in [-0.3, -0.25) is 33.3 Å². The van der Waals surface area contributed by atoms with Gasteiger partial charge in [-0.25, -0.2) is 0 Å². The largest absolute Gasteiger partial charge is 0.469 e. The molecule has 0 radical (unpaired) electrons. The first-order valence-corrected chi connectivity index (χ1v) is 18.0. The molecule has 1 aromatic carbocycles. The van der Waals surface area contributed by atoms with Gasteiger partial charge in [0.2, 0.25) is 5.91 Å². The van der Waals surface area contributed by atoms with Crippen LogP contribution in [0, 0.1) is 5.41 Å². The van der Waals surface area contributed by atoms with E-state index in [1.807, 2.05) is 25.7 Å². The summed E-state index contributed by atoms with van der Waals surface area (Å²) < 4.78 is 39.9. The number of esters is 2. The molecule has 2 atom stereocenters. The quantitative estimate of drug-likeness (QED) is 0.0762. The molecule has 1 aliphatic heterocycles. The third-order valence-corrected chi connectivity index (χ3v) is 9.34. The topological polar surface area (TPSA) is 214 Å². The van der Waals surface area contributed by atoms with E-state index in [4.69, 9.17) is 14.7 Å². The Balaban J connectivity index is 0.00000122. The lowest BCUT2D eigenvalue weighted by molar-refractivity contribution is -0.150. The van der Waals surface area contributed by atoms with Crippen molar-refractivity contribution in [1.82, 2.24) is 15.5 Å². The Morgan fingerprint density at radius 1 is 1.00 bits per heavy atom. The molecule has 1 saturated heterocycles. The highest BCUT2D eigenvalue weighted by Crippen LogP contribution is 2.34. The van der Waals surface area contributed by atoms with Crippen LogP contribution in [0.4, 0.5) is 0 Å². The number of aliphatic imine (C=N–C) groups is 1. The van der Waals surface area contributed by atoms with Crippen molar-refractivity contribution in [2.75, 3.05) is 27.3 Å². The average Bonchev–Trinajstić information content (AvgIpc) is 3.38. The van der Waals surface area contributed by atoms with E-state index in [-0.39, 0.29) is 48.9 Å². The van der Waals surface area contributed by atoms with Crippen molar-refractivity contribution in [1.29, 1.82) is 5.41 Å². The first-order valence-electron chi connectivity index (χ1n) is 15.7. The number of carbonyl (C=O) groups excluding carboxylic acids is 4. The molecule has 0 aromatic heterocycles. The van der Waals surface area contributed by atoms with Gasteiger partial charge < -0.3 is 25.0 Å². The Labute approximate surface area is 286 Å². The molecule has 3 rings (SSSR count). The maximum Gasteiger partial charge on any atom is 0.397 e. The average molecular weight is 714 g/mol. The van der Waals surface area contributed by atoms with E-state index in [9.17, 15) is 27.6 Å². The standard InChI is InChI=1S/C30H43N5O6S.CH4O4S/c1-19(2)35-20(3)26(29(39)33-18-16-24(36)40-4)42-30(35)34-28(38)22-14-12-21(13-15-22)27(31)32-17-8-11-25(37)41-23-9-6-5-7-10-23;1-5-6(2,3)4/h12-15,19-20,23,26H,5-11,16-18H2,1-4H3,(H2,31,32)(H,33,39);1H3,(H,2,3,4). The van der Waals surface area contributed by atoms with Crippen LogP contribution in [0.25, 0.3) is 0 Å². The number of benzene rings is 1. The molecule has 2 aliphatic rings. The fraction of sp³-hybridized carbons (Fsp3) is 0.613. The molecule has 1 saturated carbocycles. The number of methoxy groups -OCH3 is 1. The number of thioether (sulfide) groups is 1. The van der Waals surface area contributed by atoms with Gasteiger partial charge in [0.25, 0.3) is 5.91 Å². The molecule has 0 bridgehead atoms. The summed E-state index contributed by atoms with van der Waals surface area (Å²) in [6.07, 6.45) is 6.35. The van der Waals surface area contributed by atoms with Gasteiger partial charge in [-0.15, -0.1) is 0 Å². The minimum absolute atomic E-state index is 0.00922. The van der Waals surface area contributed by atoms with Crippen LogP contribution in [0.1, 0.15) is 88.1 Å². The lowest BCUT2D eigenvalue weighted by Gasteiger charge is -2.28. The van der Waals surface area contributed by atoms with Crippen LogP contribution in [0.3, 0.4) is 0 Å². The zero-order chi connectivity index (χ0) is 35.9. The predicted molar refractivity (Wildman–Crippen MR) is 181 cm³/mol. The monoisotopic (exact) mass is 713 g/mol. The number of nitrogens with zero attached hydrogens (tertiary/aromatic N) is 2. The van der Waals surface area contributed by atoms with Gasteiger partial charge >= 0.3 is 22.3 Å². The Morgan fingerprint density at radius 3 is 2.17 bits per heavy atom. The third kappa shape index (κ3) is 13.9. The van der Waals surface area contributed by atoms with Crippen LogP contribution in [0.15, 0.2) is 29.3 Å². The summed E-state index contributed by atoms with van der Waals surface area (Å²) in [6.45, 7) is 6.50. The second-order valence-electron chi connectivity index (χ2n) is 11.4. The van der Waals surface area contributed by atoms with E-state index >= 15 is 0 Å². The molecule has 2 unspecified atom stereocenters. The SMILES string of the molecule is COC(=O)CCNC(=O)C1SC(=NC(=O)c2ccc(C(=N)NCCCC(=O)OC3CCCCC3)cc2)N(C(C)C)C1C.COS(=O)(=O)O. The summed E-state index contributed by atoms with van der Waals surface area (Å²) in [4.78, 5) is 55.6. The highest BCUT2D eigenvalue weighted by molar-refractivity contribution is 8.15. The van der Waals surface area contributed by atoms with Crippen molar-refractivity contribution in [3.8, 4) is 0 Å². The van der Waals surface area contributed by atoms with Gasteiger partial charge in [0, 0.05) is 42.7 Å². The molecule has 1 aromatic rings. The minimum atomic E-state index is -4.16. The van der Waals surface area contributed by atoms with Gasteiger partial charge in [0.1, 0.15) is 17.2 Å². The van der Waals surface area contributed by atoms with Crippen LogP contribution in [-0.2, 0) is 38.4 Å². The zero-order valence-corrected chi connectivity index (χ0v) is 29.7. The molecule has 4 N–H and O–H groups in total. The number of ether oxygens (including phenoxy) is 2. The number of hydrogen-bond donors (Lipinski definition) is 4. The molecule has 2 fully saturated rings. The van der Waals surface area contributed by atoms with Crippen LogP contribution in [0.2, 0.25) is 0 Å². The number of hydrogen-bond acceptors (Lipinski definition) is 11. The zero-order valence-electron chi connectivity index (χ0n) is 28.0. The fourth-order valence-corrected chi connectivity index (χ4v) is 6.42. The maximum absolute atomic E-state index is 13.0. The Morgan fingerprint density at radius 2 is 1.60 bits per heavy atom. The molecular weight excluding hydrogens is 667 g/mol. The number of amidine groups is 2. The molecule has 0 spiro atoms. The molecular formula is C31H47N5O10S2. The summed E-state index contributed by atoms with van der Waals surface area (Å²) in [7, 11) is -1.99. The Bertz CT molecular complexity index is 1400. The van der Waals surface area contributed by atoms with Crippen molar-refractivity contribution in [3.63, 3.8) is 0 Å². The highest BCUT2D eigenvalue weighted by atomic mass is 32.3. The molecule has 2 amide bonds. The van der Waals surface area contributed by atoms with E-state index in [0.29, 0.717) is 35.7 Å². The van der Waals surface area contributed by atoms with Crippen molar-refractivity contribution in [2.24, 2.45) is 4.99 Å². The van der Waals surface area contributed by atoms with E-state index in [2.05, 4.69) is 24.5 Å². The number of carbonyl (C=O) groups is 4. The van der Waals surface area contributed by atoms with Crippen LogP contribution in [0.5, 0.6) is 0 Å². The first kappa shape index (κ1) is 40.6. The van der Waals surface area contributed by atoms with Crippen molar-refractivity contribution in [3.05, 3.63) is 35.4 Å². The van der Waals surface area contributed by atoms with Crippen LogP contribution < -0.4 is 10.6 Å². The molecule has 268 valence electrons. The van der Waals surface area contributed by atoms with Crippen molar-refractivity contribution >= 4 is 56.9 Å². The second kappa shape index (κ2) is 20.1. The summed E-state index contributed by atoms with van der Waals surface area (Å²) >= 11 is 1.23. The van der Waals surface area contributed by atoms with E-state index < -0.39 is 27.5 Å². The summed E-state index contributed by atoms with van der Waals surface area (Å²) in [6, 6.07) is 6.42. The molecule has 15 nitrogen and oxygen atoms in total. The lowest BCUT2D eigenvalue weighted by atomic mass is 9.98. The summed E-state index contributed by atoms with van der Waals surface area (Å²) in [5, 5.41) is 14.1. The van der Waals surface area contributed by atoms with Gasteiger partial charge in [0.15, 0.2) is 5.17 Å². The summed E-state index contributed by atoms with van der Waals surface area (Å²) in [5.41, 5.74) is 0.979. The third-order valence-electron chi connectivity index (χ3n) is 7.54. The fourth-order valence-electron chi connectivity index (χ4n) is 5.04. The van der Waals surface area contributed by atoms with Gasteiger partial charge in [0.05, 0.1) is 20.6 Å². The van der Waals surface area contributed by atoms with Gasteiger partial charge in [-0.2, -0.15) is 13.4 Å². The Kier molecular flexibility index (Phi) is 17.0. The van der Waals surface area contributed by atoms with E-state index in [1.54, 1.807) is 24.3 Å². The van der Waals surface area contributed by atoms with Gasteiger partial charge in [-0.1, -0.05) is 30.3 Å². The van der Waals surface area contributed by atoms with E-state index in [1.165, 1.54) is 25.3 Å². The molecule has 17 heteroatoms. The normalized spacial score (nSPS) is 18.9. The molecule has 1 heterocycles. The minimum Gasteiger partial charge on any atom is -0.469 e. The van der Waals surface area contributed by atoms with Crippen molar-refractivity contribution < 1.29 is 45.8 Å². The van der Waals surface area contributed by atoms with Crippen LogP contribution >= 0.6 is 11.8 Å². The smallest absolute Gasteiger partial charge is 0.397 e. The predicted octanol–water partition coefficient (Wildman–Crippen LogP) is 3.08. The second-order valence-corrected chi connectivity index (χ2v) is 13.7.